The lowest BCUT2D eigenvalue weighted by molar-refractivity contribution is 0.182. The molecule has 3 heteroatoms. The van der Waals surface area contributed by atoms with Gasteiger partial charge >= 0.3 is 0 Å². The molecule has 0 heterocycles. The second-order valence-electron chi connectivity index (χ2n) is 5.15. The first kappa shape index (κ1) is 13.4. The summed E-state index contributed by atoms with van der Waals surface area (Å²) in [5.41, 5.74) is 8.78. The van der Waals surface area contributed by atoms with Gasteiger partial charge in [0.2, 0.25) is 0 Å². The van der Waals surface area contributed by atoms with Gasteiger partial charge in [-0.05, 0) is 36.1 Å². The van der Waals surface area contributed by atoms with Gasteiger partial charge < -0.3 is 15.2 Å². The van der Waals surface area contributed by atoms with Crippen LogP contribution < -0.4 is 10.5 Å². The molecule has 2 N–H and O–H groups in total. The smallest absolute Gasteiger partial charge is 0.119 e. The highest BCUT2D eigenvalue weighted by Crippen LogP contribution is 2.42. The van der Waals surface area contributed by atoms with Gasteiger partial charge in [0.05, 0.1) is 13.7 Å². The van der Waals surface area contributed by atoms with Crippen molar-refractivity contribution < 1.29 is 9.47 Å². The molecule has 0 amide bonds. The molecule has 1 saturated carbocycles. The van der Waals surface area contributed by atoms with Crippen LogP contribution in [-0.2, 0) is 16.8 Å². The van der Waals surface area contributed by atoms with Crippen LogP contribution in [0.1, 0.15) is 36.8 Å². The molecule has 0 spiro atoms. The van der Waals surface area contributed by atoms with Crippen molar-refractivity contribution in [2.45, 2.75) is 37.7 Å². The Morgan fingerprint density at radius 1 is 1.22 bits per heavy atom. The van der Waals surface area contributed by atoms with Crippen LogP contribution in [0.5, 0.6) is 5.75 Å². The predicted molar refractivity (Wildman–Crippen MR) is 72.9 cm³/mol. The zero-order valence-corrected chi connectivity index (χ0v) is 11.4. The third kappa shape index (κ3) is 2.38. The molecule has 0 atom stereocenters. The number of hydrogen-bond acceptors (Lipinski definition) is 3. The van der Waals surface area contributed by atoms with Gasteiger partial charge in [-0.3, -0.25) is 0 Å². The van der Waals surface area contributed by atoms with Crippen molar-refractivity contribution in [1.29, 1.82) is 0 Å². The normalized spacial score (nSPS) is 17.9. The third-order valence-corrected chi connectivity index (χ3v) is 4.13. The number of methoxy groups -OCH3 is 2. The van der Waals surface area contributed by atoms with E-state index in [-0.39, 0.29) is 5.41 Å². The van der Waals surface area contributed by atoms with Crippen molar-refractivity contribution in [3.05, 3.63) is 29.3 Å². The lowest BCUT2D eigenvalue weighted by atomic mass is 9.77. The first-order valence-corrected chi connectivity index (χ1v) is 6.62. The van der Waals surface area contributed by atoms with Crippen molar-refractivity contribution in [3.8, 4) is 5.75 Å². The zero-order chi connectivity index (χ0) is 13.0. The Bertz CT molecular complexity index is 397. The predicted octanol–water partition coefficient (Wildman–Crippen LogP) is 2.61. The van der Waals surface area contributed by atoms with E-state index in [4.69, 9.17) is 15.2 Å². The fourth-order valence-electron chi connectivity index (χ4n) is 3.12. The van der Waals surface area contributed by atoms with Gasteiger partial charge in [0.15, 0.2) is 0 Å². The van der Waals surface area contributed by atoms with E-state index in [1.807, 2.05) is 6.07 Å². The Morgan fingerprint density at radius 3 is 2.50 bits per heavy atom. The van der Waals surface area contributed by atoms with Crippen LogP contribution >= 0.6 is 0 Å². The molecule has 3 nitrogen and oxygen atoms in total. The Labute approximate surface area is 109 Å². The van der Waals surface area contributed by atoms with E-state index < -0.39 is 0 Å². The second kappa shape index (κ2) is 5.72. The third-order valence-electron chi connectivity index (χ3n) is 4.13. The molecule has 0 bridgehead atoms. The lowest BCUT2D eigenvalue weighted by Crippen LogP contribution is -2.33. The van der Waals surface area contributed by atoms with E-state index in [9.17, 15) is 0 Å². The Hall–Kier alpha value is -1.06. The molecular weight excluding hydrogens is 226 g/mol. The van der Waals surface area contributed by atoms with Crippen LogP contribution in [0.3, 0.4) is 0 Å². The molecule has 18 heavy (non-hydrogen) atoms. The standard InChI is InChI=1S/C15H23NO2/c1-17-10-12-9-13(18-2)5-6-14(12)15(11-16)7-3-4-8-15/h5-6,9H,3-4,7-8,10-11,16H2,1-2H3. The first-order valence-electron chi connectivity index (χ1n) is 6.62. The fraction of sp³-hybridized carbons (Fsp3) is 0.600. The summed E-state index contributed by atoms with van der Waals surface area (Å²) in [4.78, 5) is 0. The lowest BCUT2D eigenvalue weighted by Gasteiger charge is -2.30. The van der Waals surface area contributed by atoms with Crippen molar-refractivity contribution in [1.82, 2.24) is 0 Å². The highest BCUT2D eigenvalue weighted by molar-refractivity contribution is 5.41. The molecule has 0 saturated heterocycles. The molecule has 1 aliphatic carbocycles. The minimum Gasteiger partial charge on any atom is -0.497 e. The summed E-state index contributed by atoms with van der Waals surface area (Å²) in [6, 6.07) is 6.28. The van der Waals surface area contributed by atoms with E-state index in [0.29, 0.717) is 6.61 Å². The summed E-state index contributed by atoms with van der Waals surface area (Å²) in [6.07, 6.45) is 4.92. The van der Waals surface area contributed by atoms with Gasteiger partial charge in [-0.15, -0.1) is 0 Å². The van der Waals surface area contributed by atoms with Crippen LogP contribution in [0.2, 0.25) is 0 Å². The summed E-state index contributed by atoms with van der Waals surface area (Å²) in [5, 5.41) is 0. The SMILES string of the molecule is COCc1cc(OC)ccc1C1(CN)CCCC1. The van der Waals surface area contributed by atoms with Crippen molar-refractivity contribution in [2.24, 2.45) is 5.73 Å². The molecule has 100 valence electrons. The molecule has 0 aliphatic heterocycles. The highest BCUT2D eigenvalue weighted by Gasteiger charge is 2.35. The number of benzene rings is 1. The van der Waals surface area contributed by atoms with Gasteiger partial charge in [0, 0.05) is 19.1 Å². The zero-order valence-electron chi connectivity index (χ0n) is 11.4. The molecule has 0 unspecified atom stereocenters. The molecule has 1 aromatic carbocycles. The Morgan fingerprint density at radius 2 is 1.94 bits per heavy atom. The molecule has 1 aromatic rings. The van der Waals surface area contributed by atoms with Crippen LogP contribution in [0.15, 0.2) is 18.2 Å². The number of rotatable bonds is 5. The first-order chi connectivity index (χ1) is 8.75. The molecular formula is C15H23NO2. The maximum absolute atomic E-state index is 6.06. The topological polar surface area (TPSA) is 44.5 Å². The fourth-order valence-corrected chi connectivity index (χ4v) is 3.12. The number of hydrogen-bond donors (Lipinski definition) is 1. The summed E-state index contributed by atoms with van der Waals surface area (Å²) in [6.45, 7) is 1.34. The van der Waals surface area contributed by atoms with E-state index in [1.165, 1.54) is 36.8 Å². The quantitative estimate of drug-likeness (QED) is 0.872. The minimum absolute atomic E-state index is 0.153. The van der Waals surface area contributed by atoms with Crippen molar-refractivity contribution >= 4 is 0 Å². The highest BCUT2D eigenvalue weighted by atomic mass is 16.5. The minimum atomic E-state index is 0.153. The van der Waals surface area contributed by atoms with Gasteiger partial charge in [0.25, 0.3) is 0 Å². The van der Waals surface area contributed by atoms with Crippen molar-refractivity contribution in [3.63, 3.8) is 0 Å². The average molecular weight is 249 g/mol. The second-order valence-corrected chi connectivity index (χ2v) is 5.15. The van der Waals surface area contributed by atoms with Crippen LogP contribution in [-0.4, -0.2) is 20.8 Å². The molecule has 1 aliphatic rings. The Kier molecular flexibility index (Phi) is 4.25. The summed E-state index contributed by atoms with van der Waals surface area (Å²) < 4.78 is 10.6. The van der Waals surface area contributed by atoms with Gasteiger partial charge in [-0.2, -0.15) is 0 Å². The van der Waals surface area contributed by atoms with Gasteiger partial charge in [-0.1, -0.05) is 18.9 Å². The summed E-state index contributed by atoms with van der Waals surface area (Å²) in [5.74, 6) is 0.885. The molecule has 0 aromatic heterocycles. The largest absolute Gasteiger partial charge is 0.497 e. The monoisotopic (exact) mass is 249 g/mol. The summed E-state index contributed by atoms with van der Waals surface area (Å²) in [7, 11) is 3.42. The van der Waals surface area contributed by atoms with Crippen LogP contribution in [0.4, 0.5) is 0 Å². The van der Waals surface area contributed by atoms with E-state index >= 15 is 0 Å². The van der Waals surface area contributed by atoms with E-state index in [2.05, 4.69) is 12.1 Å². The Balaban J connectivity index is 2.41. The number of nitrogens with two attached hydrogens (primary N) is 1. The van der Waals surface area contributed by atoms with Gasteiger partial charge in [-0.25, -0.2) is 0 Å². The molecule has 1 fully saturated rings. The molecule has 2 rings (SSSR count). The number of ether oxygens (including phenoxy) is 2. The maximum atomic E-state index is 6.06. The van der Waals surface area contributed by atoms with E-state index in [1.54, 1.807) is 14.2 Å². The van der Waals surface area contributed by atoms with Crippen LogP contribution in [0, 0.1) is 0 Å². The summed E-state index contributed by atoms with van der Waals surface area (Å²) >= 11 is 0. The average Bonchev–Trinajstić information content (AvgIpc) is 2.89. The van der Waals surface area contributed by atoms with Crippen molar-refractivity contribution in [2.75, 3.05) is 20.8 Å². The maximum Gasteiger partial charge on any atom is 0.119 e. The molecule has 0 radical (unpaired) electrons. The van der Waals surface area contributed by atoms with Gasteiger partial charge in [0.1, 0.15) is 5.75 Å². The van der Waals surface area contributed by atoms with E-state index in [0.717, 1.165) is 12.3 Å². The van der Waals surface area contributed by atoms with Crippen LogP contribution in [0.25, 0.3) is 0 Å².